The van der Waals surface area contributed by atoms with Gasteiger partial charge >= 0.3 is 0 Å². The summed E-state index contributed by atoms with van der Waals surface area (Å²) in [6, 6.07) is 10.3. The molecular formula is C17H20N2O. The molecule has 1 atom stereocenters. The largest absolute Gasteiger partial charge is 0.300 e. The molecule has 0 bridgehead atoms. The minimum atomic E-state index is 0.0780. The number of hydrogen-bond donors (Lipinski definition) is 0. The van der Waals surface area contributed by atoms with Crippen molar-refractivity contribution in [1.29, 1.82) is 0 Å². The first kappa shape index (κ1) is 14.4. The van der Waals surface area contributed by atoms with Crippen molar-refractivity contribution in [3.63, 3.8) is 0 Å². The molecule has 1 unspecified atom stereocenters. The van der Waals surface area contributed by atoms with Crippen molar-refractivity contribution in [2.45, 2.75) is 39.5 Å². The summed E-state index contributed by atoms with van der Waals surface area (Å²) in [6.07, 6.45) is 3.14. The van der Waals surface area contributed by atoms with Crippen molar-refractivity contribution in [1.82, 2.24) is 9.97 Å². The van der Waals surface area contributed by atoms with Crippen LogP contribution in [0.2, 0.25) is 0 Å². The molecule has 1 heterocycles. The van der Waals surface area contributed by atoms with Crippen molar-refractivity contribution < 1.29 is 4.79 Å². The number of aromatic nitrogens is 2. The molecule has 0 spiro atoms. The number of carbonyl (C=O) groups excluding carboxylic acids is 1. The molecule has 1 aromatic carbocycles. The van der Waals surface area contributed by atoms with Gasteiger partial charge in [0.2, 0.25) is 0 Å². The highest BCUT2D eigenvalue weighted by Gasteiger charge is 2.06. The van der Waals surface area contributed by atoms with Gasteiger partial charge in [0.1, 0.15) is 11.6 Å². The molecule has 0 N–H and O–H groups in total. The highest BCUT2D eigenvalue weighted by Crippen LogP contribution is 2.23. The molecule has 1 aromatic heterocycles. The van der Waals surface area contributed by atoms with Gasteiger partial charge in [-0.25, -0.2) is 9.97 Å². The van der Waals surface area contributed by atoms with Crippen molar-refractivity contribution >= 4 is 5.78 Å². The van der Waals surface area contributed by atoms with E-state index in [2.05, 4.69) is 48.1 Å². The van der Waals surface area contributed by atoms with E-state index >= 15 is 0 Å². The lowest BCUT2D eigenvalue weighted by atomic mass is 9.97. The molecule has 0 radical (unpaired) electrons. The fraction of sp³-hybridized carbons (Fsp3) is 0.353. The van der Waals surface area contributed by atoms with Gasteiger partial charge in [-0.2, -0.15) is 0 Å². The fourth-order valence-electron chi connectivity index (χ4n) is 2.09. The summed E-state index contributed by atoms with van der Waals surface area (Å²) < 4.78 is 0. The van der Waals surface area contributed by atoms with Gasteiger partial charge < -0.3 is 0 Å². The van der Waals surface area contributed by atoms with Crippen molar-refractivity contribution in [3.8, 4) is 11.3 Å². The van der Waals surface area contributed by atoms with E-state index in [0.29, 0.717) is 18.2 Å². The first-order chi connectivity index (χ1) is 9.60. The van der Waals surface area contributed by atoms with Gasteiger partial charge in [0.15, 0.2) is 0 Å². The van der Waals surface area contributed by atoms with Gasteiger partial charge in [-0.15, -0.1) is 0 Å². The molecule has 0 aliphatic heterocycles. The average Bonchev–Trinajstić information content (AvgIpc) is 2.46. The molecule has 2 rings (SSSR count). The van der Waals surface area contributed by atoms with E-state index < -0.39 is 0 Å². The summed E-state index contributed by atoms with van der Waals surface area (Å²) in [4.78, 5) is 19.7. The van der Waals surface area contributed by atoms with Crippen LogP contribution in [0.3, 0.4) is 0 Å². The maximum Gasteiger partial charge on any atom is 0.137 e. The molecular weight excluding hydrogens is 248 g/mol. The second-order valence-electron chi connectivity index (χ2n) is 5.17. The molecule has 104 valence electrons. The van der Waals surface area contributed by atoms with E-state index in [9.17, 15) is 4.79 Å². The smallest absolute Gasteiger partial charge is 0.137 e. The van der Waals surface area contributed by atoms with Gasteiger partial charge in [-0.1, -0.05) is 38.1 Å². The molecule has 3 heteroatoms. The zero-order valence-corrected chi connectivity index (χ0v) is 12.3. The second kappa shape index (κ2) is 6.42. The summed E-state index contributed by atoms with van der Waals surface area (Å²) >= 11 is 0. The van der Waals surface area contributed by atoms with E-state index in [0.717, 1.165) is 17.7 Å². The third-order valence-electron chi connectivity index (χ3n) is 3.50. The van der Waals surface area contributed by atoms with E-state index in [1.54, 1.807) is 13.1 Å². The number of hydrogen-bond acceptors (Lipinski definition) is 3. The highest BCUT2D eigenvalue weighted by molar-refractivity contribution is 5.77. The number of benzene rings is 1. The van der Waals surface area contributed by atoms with Gasteiger partial charge in [0.05, 0.1) is 12.1 Å². The van der Waals surface area contributed by atoms with E-state index in [-0.39, 0.29) is 5.78 Å². The first-order valence-electron chi connectivity index (χ1n) is 7.02. The monoisotopic (exact) mass is 268 g/mol. The van der Waals surface area contributed by atoms with E-state index in [1.807, 2.05) is 6.07 Å². The number of ketones is 1. The Hall–Kier alpha value is -2.03. The maximum absolute atomic E-state index is 11.1. The van der Waals surface area contributed by atoms with E-state index in [1.165, 1.54) is 5.56 Å². The van der Waals surface area contributed by atoms with Crippen LogP contribution >= 0.6 is 0 Å². The Morgan fingerprint density at radius 2 is 1.90 bits per heavy atom. The van der Waals surface area contributed by atoms with Crippen LogP contribution < -0.4 is 0 Å². The first-order valence-corrected chi connectivity index (χ1v) is 7.02. The number of carbonyl (C=O) groups is 1. The topological polar surface area (TPSA) is 42.9 Å². The van der Waals surface area contributed by atoms with Crippen LogP contribution in [0.15, 0.2) is 36.5 Å². The predicted octanol–water partition coefficient (Wildman–Crippen LogP) is 3.79. The van der Waals surface area contributed by atoms with Gasteiger partial charge in [0, 0.05) is 11.8 Å². The van der Waals surface area contributed by atoms with Crippen LogP contribution in [-0.2, 0) is 11.2 Å². The van der Waals surface area contributed by atoms with Crippen LogP contribution in [0.1, 0.15) is 44.5 Å². The lowest BCUT2D eigenvalue weighted by Gasteiger charge is -2.09. The van der Waals surface area contributed by atoms with Gasteiger partial charge in [0.25, 0.3) is 0 Å². The number of nitrogens with zero attached hydrogens (tertiary/aromatic N) is 2. The van der Waals surface area contributed by atoms with Crippen LogP contribution in [0, 0.1) is 0 Å². The fourth-order valence-corrected chi connectivity index (χ4v) is 2.09. The summed E-state index contributed by atoms with van der Waals surface area (Å²) in [7, 11) is 0. The Kier molecular flexibility index (Phi) is 4.61. The summed E-state index contributed by atoms with van der Waals surface area (Å²) in [5.41, 5.74) is 3.27. The lowest BCUT2D eigenvalue weighted by Crippen LogP contribution is -2.02. The van der Waals surface area contributed by atoms with Crippen LogP contribution in [0.25, 0.3) is 11.3 Å². The molecule has 20 heavy (non-hydrogen) atoms. The van der Waals surface area contributed by atoms with Gasteiger partial charge in [-0.3, -0.25) is 4.79 Å². The molecule has 0 aliphatic rings. The molecule has 2 aromatic rings. The van der Waals surface area contributed by atoms with Crippen molar-refractivity contribution in [3.05, 3.63) is 47.9 Å². The molecule has 0 fully saturated rings. The molecule has 0 saturated heterocycles. The molecule has 0 amide bonds. The zero-order chi connectivity index (χ0) is 14.5. The third kappa shape index (κ3) is 3.50. The summed E-state index contributed by atoms with van der Waals surface area (Å²) in [5, 5.41) is 0. The van der Waals surface area contributed by atoms with Gasteiger partial charge in [-0.05, 0) is 30.9 Å². The Morgan fingerprint density at radius 3 is 2.50 bits per heavy atom. The maximum atomic E-state index is 11.1. The zero-order valence-electron chi connectivity index (χ0n) is 12.3. The Labute approximate surface area is 120 Å². The van der Waals surface area contributed by atoms with E-state index in [4.69, 9.17) is 0 Å². The molecule has 0 saturated carbocycles. The minimum absolute atomic E-state index is 0.0780. The Morgan fingerprint density at radius 1 is 1.20 bits per heavy atom. The van der Waals surface area contributed by atoms with Crippen molar-refractivity contribution in [2.24, 2.45) is 0 Å². The Bertz CT molecular complexity index is 590. The SMILES string of the molecule is CCC(C)c1ccc(-c2ccnc(CC(C)=O)n2)cc1. The van der Waals surface area contributed by atoms with Crippen LogP contribution in [-0.4, -0.2) is 15.8 Å². The standard InChI is InChI=1S/C17H20N2O/c1-4-12(2)14-5-7-15(8-6-14)16-9-10-18-17(19-16)11-13(3)20/h5-10,12H,4,11H2,1-3H3. The minimum Gasteiger partial charge on any atom is -0.300 e. The number of rotatable bonds is 5. The molecule has 0 aliphatic carbocycles. The summed E-state index contributed by atoms with van der Waals surface area (Å²) in [6.45, 7) is 5.97. The predicted molar refractivity (Wildman–Crippen MR) is 80.6 cm³/mol. The quantitative estimate of drug-likeness (QED) is 0.828. The summed E-state index contributed by atoms with van der Waals surface area (Å²) in [5.74, 6) is 1.23. The normalized spacial score (nSPS) is 12.2. The average molecular weight is 268 g/mol. The van der Waals surface area contributed by atoms with Crippen molar-refractivity contribution in [2.75, 3.05) is 0 Å². The second-order valence-corrected chi connectivity index (χ2v) is 5.17. The number of Topliss-reactive ketones (excluding diaryl/α,β-unsaturated/α-hetero) is 1. The highest BCUT2D eigenvalue weighted by atomic mass is 16.1. The van der Waals surface area contributed by atoms with Crippen LogP contribution in [0.5, 0.6) is 0 Å². The lowest BCUT2D eigenvalue weighted by molar-refractivity contribution is -0.116. The third-order valence-corrected chi connectivity index (χ3v) is 3.50. The van der Waals surface area contributed by atoms with Crippen LogP contribution in [0.4, 0.5) is 0 Å². The molecule has 3 nitrogen and oxygen atoms in total. The Balaban J connectivity index is 2.25.